The average Bonchev–Trinajstić information content (AvgIpc) is 2.83. The van der Waals surface area contributed by atoms with E-state index in [0.717, 1.165) is 16.4 Å². The smallest absolute Gasteiger partial charge is 0.251 e. The Labute approximate surface area is 197 Å². The Bertz CT molecular complexity index is 1150. The monoisotopic (exact) mass is 495 g/mol. The second-order valence-corrected chi connectivity index (χ2v) is 10.2. The molecule has 1 aliphatic heterocycles. The number of amides is 2. The molecule has 1 atom stereocenters. The lowest BCUT2D eigenvalue weighted by molar-refractivity contribution is -0.135. The molecule has 1 N–H and O–H groups in total. The van der Waals surface area contributed by atoms with E-state index in [4.69, 9.17) is 4.74 Å². The van der Waals surface area contributed by atoms with Crippen molar-refractivity contribution in [2.45, 2.75) is 24.8 Å². The zero-order chi connectivity index (χ0) is 25.0. The lowest BCUT2D eigenvalue weighted by Gasteiger charge is -2.36. The highest BCUT2D eigenvalue weighted by Gasteiger charge is 2.34. The van der Waals surface area contributed by atoms with E-state index in [1.54, 1.807) is 38.1 Å². The Kier molecular flexibility index (Phi) is 7.88. The number of benzene rings is 2. The Morgan fingerprint density at radius 3 is 2.12 bits per heavy atom. The SMILES string of the molecule is COc1ccc(C(=O)NC(C(=O)N2CCN(S(=O)(=O)c3ccc(F)c(F)c3)CC2)C(C)C)cc1. The van der Waals surface area contributed by atoms with Crippen LogP contribution >= 0.6 is 0 Å². The van der Waals surface area contributed by atoms with E-state index in [1.807, 2.05) is 0 Å². The van der Waals surface area contributed by atoms with Crippen LogP contribution in [0.5, 0.6) is 5.75 Å². The number of nitrogens with one attached hydrogen (secondary N) is 1. The Hall–Kier alpha value is -3.05. The number of carbonyl (C=O) groups is 2. The van der Waals surface area contributed by atoms with Crippen molar-refractivity contribution in [3.8, 4) is 5.75 Å². The second-order valence-electron chi connectivity index (χ2n) is 8.23. The van der Waals surface area contributed by atoms with Gasteiger partial charge in [-0.15, -0.1) is 0 Å². The number of nitrogens with zero attached hydrogens (tertiary/aromatic N) is 2. The number of carbonyl (C=O) groups excluding carboxylic acids is 2. The van der Waals surface area contributed by atoms with Gasteiger partial charge in [0.1, 0.15) is 11.8 Å². The van der Waals surface area contributed by atoms with Crippen LogP contribution in [0.3, 0.4) is 0 Å². The van der Waals surface area contributed by atoms with Crippen LogP contribution in [0.1, 0.15) is 24.2 Å². The lowest BCUT2D eigenvalue weighted by atomic mass is 10.0. The molecule has 1 heterocycles. The van der Waals surface area contributed by atoms with Gasteiger partial charge >= 0.3 is 0 Å². The third-order valence-electron chi connectivity index (χ3n) is 5.65. The first-order valence-corrected chi connectivity index (χ1v) is 12.2. The number of halogens is 2. The Balaban J connectivity index is 1.65. The molecule has 184 valence electrons. The second kappa shape index (κ2) is 10.5. The van der Waals surface area contributed by atoms with Crippen molar-refractivity contribution in [2.24, 2.45) is 5.92 Å². The molecule has 0 spiro atoms. The quantitative estimate of drug-likeness (QED) is 0.636. The zero-order valence-electron chi connectivity index (χ0n) is 19.1. The molecule has 1 aliphatic rings. The number of ether oxygens (including phenoxy) is 1. The van der Waals surface area contributed by atoms with Crippen molar-refractivity contribution >= 4 is 21.8 Å². The van der Waals surface area contributed by atoms with Crippen molar-refractivity contribution in [2.75, 3.05) is 33.3 Å². The number of hydrogen-bond acceptors (Lipinski definition) is 5. The zero-order valence-corrected chi connectivity index (χ0v) is 19.9. The van der Waals surface area contributed by atoms with E-state index >= 15 is 0 Å². The van der Waals surface area contributed by atoms with Gasteiger partial charge in [-0.25, -0.2) is 17.2 Å². The van der Waals surface area contributed by atoms with E-state index in [1.165, 1.54) is 12.0 Å². The highest BCUT2D eigenvalue weighted by Crippen LogP contribution is 2.21. The largest absolute Gasteiger partial charge is 0.497 e. The van der Waals surface area contributed by atoms with Crippen LogP contribution in [0.4, 0.5) is 8.78 Å². The average molecular weight is 496 g/mol. The van der Waals surface area contributed by atoms with Crippen LogP contribution in [0.2, 0.25) is 0 Å². The number of piperazine rings is 1. The normalized spacial score (nSPS) is 15.8. The van der Waals surface area contributed by atoms with E-state index in [0.29, 0.717) is 17.4 Å². The van der Waals surface area contributed by atoms with Gasteiger partial charge in [0.05, 0.1) is 12.0 Å². The van der Waals surface area contributed by atoms with Gasteiger partial charge in [0.25, 0.3) is 5.91 Å². The summed E-state index contributed by atoms with van der Waals surface area (Å²) < 4.78 is 58.5. The highest BCUT2D eigenvalue weighted by molar-refractivity contribution is 7.89. The third-order valence-corrected chi connectivity index (χ3v) is 7.55. The van der Waals surface area contributed by atoms with Crippen LogP contribution in [-0.2, 0) is 14.8 Å². The Morgan fingerprint density at radius 1 is 0.971 bits per heavy atom. The summed E-state index contributed by atoms with van der Waals surface area (Å²) in [5.41, 5.74) is 0.377. The van der Waals surface area contributed by atoms with Crippen LogP contribution in [0, 0.1) is 17.6 Å². The van der Waals surface area contributed by atoms with E-state index in [2.05, 4.69) is 5.32 Å². The fraction of sp³-hybridized carbons (Fsp3) is 0.391. The first kappa shape index (κ1) is 25.6. The Morgan fingerprint density at radius 2 is 1.59 bits per heavy atom. The van der Waals surface area contributed by atoms with Gasteiger partial charge < -0.3 is 15.0 Å². The summed E-state index contributed by atoms with van der Waals surface area (Å²) in [6.45, 7) is 3.79. The summed E-state index contributed by atoms with van der Waals surface area (Å²) in [4.78, 5) is 27.0. The first-order chi connectivity index (χ1) is 16.0. The predicted octanol–water partition coefficient (Wildman–Crippen LogP) is 2.26. The fourth-order valence-electron chi connectivity index (χ4n) is 3.61. The van der Waals surface area contributed by atoms with Crippen molar-refractivity contribution in [1.82, 2.24) is 14.5 Å². The molecule has 3 rings (SSSR count). The number of methoxy groups -OCH3 is 1. The molecule has 8 nitrogen and oxygen atoms in total. The molecule has 0 aromatic heterocycles. The summed E-state index contributed by atoms with van der Waals surface area (Å²) in [6, 6.07) is 8.10. The maximum Gasteiger partial charge on any atom is 0.251 e. The van der Waals surface area contributed by atoms with Gasteiger partial charge in [-0.1, -0.05) is 13.8 Å². The van der Waals surface area contributed by atoms with Crippen LogP contribution < -0.4 is 10.1 Å². The van der Waals surface area contributed by atoms with Crippen LogP contribution in [0.15, 0.2) is 47.4 Å². The van der Waals surface area contributed by atoms with Gasteiger partial charge in [0.15, 0.2) is 11.6 Å². The van der Waals surface area contributed by atoms with E-state index < -0.39 is 33.6 Å². The van der Waals surface area contributed by atoms with Crippen molar-refractivity contribution in [3.05, 3.63) is 59.7 Å². The summed E-state index contributed by atoms with van der Waals surface area (Å²) in [6.07, 6.45) is 0. The number of sulfonamides is 1. The summed E-state index contributed by atoms with van der Waals surface area (Å²) in [7, 11) is -2.52. The molecule has 1 unspecified atom stereocenters. The van der Waals surface area contributed by atoms with Crippen molar-refractivity contribution < 1.29 is 31.5 Å². The molecule has 1 fully saturated rings. The standard InChI is InChI=1S/C23H27F2N3O5S/c1-15(2)21(26-22(29)16-4-6-17(33-3)7-5-16)23(30)27-10-12-28(13-11-27)34(31,32)18-8-9-19(24)20(25)14-18/h4-9,14-15,21H,10-13H2,1-3H3,(H,26,29). The van der Waals surface area contributed by atoms with E-state index in [-0.39, 0.29) is 42.9 Å². The van der Waals surface area contributed by atoms with Crippen molar-refractivity contribution in [3.63, 3.8) is 0 Å². The molecule has 0 saturated carbocycles. The molecular formula is C23H27F2N3O5S. The van der Waals surface area contributed by atoms with E-state index in [9.17, 15) is 26.8 Å². The molecule has 0 aliphatic carbocycles. The molecule has 11 heteroatoms. The summed E-state index contributed by atoms with van der Waals surface area (Å²) in [5, 5.41) is 2.77. The fourth-order valence-corrected chi connectivity index (χ4v) is 5.05. The molecule has 0 radical (unpaired) electrons. The lowest BCUT2D eigenvalue weighted by Crippen LogP contribution is -2.57. The minimum Gasteiger partial charge on any atom is -0.497 e. The van der Waals surface area contributed by atoms with Gasteiger partial charge in [-0.05, 0) is 48.4 Å². The predicted molar refractivity (Wildman–Crippen MR) is 121 cm³/mol. The summed E-state index contributed by atoms with van der Waals surface area (Å²) >= 11 is 0. The molecule has 0 bridgehead atoms. The molecule has 34 heavy (non-hydrogen) atoms. The van der Waals surface area contributed by atoms with Crippen LogP contribution in [0.25, 0.3) is 0 Å². The summed E-state index contributed by atoms with van der Waals surface area (Å²) in [5.74, 6) is -2.72. The topological polar surface area (TPSA) is 96.0 Å². The molecule has 2 aromatic carbocycles. The maximum atomic E-state index is 13.5. The van der Waals surface area contributed by atoms with Crippen LogP contribution in [-0.4, -0.2) is 68.8 Å². The molecule has 2 aromatic rings. The minimum atomic E-state index is -4.04. The van der Waals surface area contributed by atoms with Gasteiger partial charge in [0.2, 0.25) is 15.9 Å². The molecule has 2 amide bonds. The number of rotatable bonds is 7. The maximum absolute atomic E-state index is 13.5. The van der Waals surface area contributed by atoms with Gasteiger partial charge in [-0.3, -0.25) is 9.59 Å². The molecule has 1 saturated heterocycles. The number of hydrogen-bond donors (Lipinski definition) is 1. The van der Waals surface area contributed by atoms with Crippen molar-refractivity contribution in [1.29, 1.82) is 0 Å². The third kappa shape index (κ3) is 5.53. The minimum absolute atomic E-state index is 0.00961. The molecular weight excluding hydrogens is 468 g/mol. The first-order valence-electron chi connectivity index (χ1n) is 10.7. The highest BCUT2D eigenvalue weighted by atomic mass is 32.2. The van der Waals surface area contributed by atoms with Gasteiger partial charge in [-0.2, -0.15) is 4.31 Å². The van der Waals surface area contributed by atoms with Gasteiger partial charge in [0, 0.05) is 31.7 Å².